The van der Waals surface area contributed by atoms with Gasteiger partial charge in [-0.25, -0.2) is 0 Å². The molecule has 21 heavy (non-hydrogen) atoms. The molecule has 1 N–H and O–H groups in total. The van der Waals surface area contributed by atoms with Crippen LogP contribution in [-0.2, 0) is 13.1 Å². The van der Waals surface area contributed by atoms with Gasteiger partial charge in [0, 0.05) is 29.2 Å². The summed E-state index contributed by atoms with van der Waals surface area (Å²) >= 11 is 6.00. The van der Waals surface area contributed by atoms with Crippen molar-refractivity contribution in [3.8, 4) is 0 Å². The summed E-state index contributed by atoms with van der Waals surface area (Å²) < 4.78 is 0. The second-order valence-corrected chi connectivity index (χ2v) is 5.61. The summed E-state index contributed by atoms with van der Waals surface area (Å²) in [6.07, 6.45) is 0. The third-order valence-electron chi connectivity index (χ3n) is 3.46. The third-order valence-corrected chi connectivity index (χ3v) is 3.70. The Bertz CT molecular complexity index is 768. The predicted octanol–water partition coefficient (Wildman–Crippen LogP) is 4.49. The number of halogens is 1. The molecule has 0 aliphatic heterocycles. The van der Waals surface area contributed by atoms with Crippen LogP contribution >= 0.6 is 11.6 Å². The van der Waals surface area contributed by atoms with Crippen molar-refractivity contribution in [2.45, 2.75) is 20.0 Å². The van der Waals surface area contributed by atoms with Crippen molar-refractivity contribution in [3.63, 3.8) is 0 Å². The lowest BCUT2D eigenvalue weighted by Gasteiger charge is -2.09. The molecule has 0 aliphatic rings. The van der Waals surface area contributed by atoms with Crippen LogP contribution in [0.4, 0.5) is 0 Å². The molecule has 2 nitrogen and oxygen atoms in total. The van der Waals surface area contributed by atoms with Gasteiger partial charge in [0.25, 0.3) is 0 Å². The van der Waals surface area contributed by atoms with E-state index in [4.69, 9.17) is 11.6 Å². The number of hydrogen-bond donors (Lipinski definition) is 1. The maximum absolute atomic E-state index is 6.00. The smallest absolute Gasteiger partial charge is 0.0708 e. The van der Waals surface area contributed by atoms with Crippen molar-refractivity contribution in [2.75, 3.05) is 0 Å². The molecule has 2 aromatic carbocycles. The molecule has 0 aliphatic carbocycles. The van der Waals surface area contributed by atoms with Crippen molar-refractivity contribution in [1.29, 1.82) is 0 Å². The van der Waals surface area contributed by atoms with Crippen LogP contribution in [0.2, 0.25) is 5.02 Å². The van der Waals surface area contributed by atoms with Gasteiger partial charge in [0.2, 0.25) is 0 Å². The van der Waals surface area contributed by atoms with Crippen LogP contribution in [0.5, 0.6) is 0 Å². The molecule has 0 amide bonds. The number of benzene rings is 2. The number of fused-ring (bicyclic) bond motifs is 1. The van der Waals surface area contributed by atoms with Crippen molar-refractivity contribution >= 4 is 22.5 Å². The van der Waals surface area contributed by atoms with Gasteiger partial charge in [-0.3, -0.25) is 4.98 Å². The van der Waals surface area contributed by atoms with Crippen LogP contribution in [0, 0.1) is 6.92 Å². The summed E-state index contributed by atoms with van der Waals surface area (Å²) in [6.45, 7) is 3.65. The lowest BCUT2D eigenvalue weighted by atomic mass is 10.1. The summed E-state index contributed by atoms with van der Waals surface area (Å²) in [6, 6.07) is 18.3. The first kappa shape index (κ1) is 14.1. The summed E-state index contributed by atoms with van der Waals surface area (Å²) in [5.74, 6) is 0. The predicted molar refractivity (Wildman–Crippen MR) is 88.5 cm³/mol. The molecule has 0 unspecified atom stereocenters. The maximum Gasteiger partial charge on any atom is 0.0708 e. The van der Waals surface area contributed by atoms with Crippen molar-refractivity contribution in [2.24, 2.45) is 0 Å². The number of hydrogen-bond acceptors (Lipinski definition) is 2. The van der Waals surface area contributed by atoms with E-state index >= 15 is 0 Å². The van der Waals surface area contributed by atoms with E-state index in [1.165, 1.54) is 16.5 Å². The van der Waals surface area contributed by atoms with Crippen molar-refractivity contribution in [1.82, 2.24) is 10.3 Å². The molecule has 0 saturated heterocycles. The minimum atomic E-state index is 0.777. The standard InChI is InChI=1S/C18H17ClN2/c1-13-9-15(17-7-2-3-8-18(17)21-13)12-20-11-14-5-4-6-16(19)10-14/h2-10,20H,11-12H2,1H3. The average molecular weight is 297 g/mol. The quantitative estimate of drug-likeness (QED) is 0.767. The van der Waals surface area contributed by atoms with E-state index in [1.807, 2.05) is 31.2 Å². The first-order valence-electron chi connectivity index (χ1n) is 7.03. The molecule has 0 atom stereocenters. The van der Waals surface area contributed by atoms with E-state index in [9.17, 15) is 0 Å². The molecular formula is C18H17ClN2. The zero-order chi connectivity index (χ0) is 14.7. The minimum Gasteiger partial charge on any atom is -0.309 e. The second-order valence-electron chi connectivity index (χ2n) is 5.17. The number of para-hydroxylation sites is 1. The average Bonchev–Trinajstić information content (AvgIpc) is 2.47. The largest absolute Gasteiger partial charge is 0.309 e. The van der Waals surface area contributed by atoms with Crippen LogP contribution < -0.4 is 5.32 Å². The van der Waals surface area contributed by atoms with Gasteiger partial charge in [-0.05, 0) is 42.3 Å². The fourth-order valence-corrected chi connectivity index (χ4v) is 2.74. The lowest BCUT2D eigenvalue weighted by molar-refractivity contribution is 0.696. The summed E-state index contributed by atoms with van der Waals surface area (Å²) in [7, 11) is 0. The van der Waals surface area contributed by atoms with Crippen molar-refractivity contribution in [3.05, 3.63) is 76.4 Å². The Labute approximate surface area is 129 Å². The van der Waals surface area contributed by atoms with Gasteiger partial charge in [-0.15, -0.1) is 0 Å². The van der Waals surface area contributed by atoms with Gasteiger partial charge in [0.15, 0.2) is 0 Å². The summed E-state index contributed by atoms with van der Waals surface area (Å²) in [5, 5.41) is 5.47. The first-order valence-corrected chi connectivity index (χ1v) is 7.40. The zero-order valence-electron chi connectivity index (χ0n) is 11.9. The summed E-state index contributed by atoms with van der Waals surface area (Å²) in [4.78, 5) is 4.57. The maximum atomic E-state index is 6.00. The molecule has 0 bridgehead atoms. The monoisotopic (exact) mass is 296 g/mol. The van der Waals surface area contributed by atoms with E-state index in [0.717, 1.165) is 29.3 Å². The number of aryl methyl sites for hydroxylation is 1. The molecule has 106 valence electrons. The van der Waals surface area contributed by atoms with E-state index in [2.05, 4.69) is 40.6 Å². The molecule has 3 aromatic rings. The lowest BCUT2D eigenvalue weighted by Crippen LogP contribution is -2.13. The topological polar surface area (TPSA) is 24.9 Å². The third kappa shape index (κ3) is 3.41. The Morgan fingerprint density at radius 2 is 1.86 bits per heavy atom. The molecule has 1 heterocycles. The molecule has 0 spiro atoms. The highest BCUT2D eigenvalue weighted by Crippen LogP contribution is 2.18. The Morgan fingerprint density at radius 3 is 2.71 bits per heavy atom. The molecular weight excluding hydrogens is 280 g/mol. The molecule has 1 aromatic heterocycles. The molecule has 0 saturated carbocycles. The molecule has 3 heteroatoms. The van der Waals surface area contributed by atoms with E-state index in [1.54, 1.807) is 0 Å². The van der Waals surface area contributed by atoms with Crippen molar-refractivity contribution < 1.29 is 0 Å². The number of rotatable bonds is 4. The number of nitrogens with zero attached hydrogens (tertiary/aromatic N) is 1. The molecule has 3 rings (SSSR count). The van der Waals surface area contributed by atoms with Crippen LogP contribution in [0.15, 0.2) is 54.6 Å². The van der Waals surface area contributed by atoms with Crippen LogP contribution in [0.3, 0.4) is 0 Å². The van der Waals surface area contributed by atoms with Gasteiger partial charge in [0.1, 0.15) is 0 Å². The Hall–Kier alpha value is -1.90. The van der Waals surface area contributed by atoms with Gasteiger partial charge < -0.3 is 5.32 Å². The number of aromatic nitrogens is 1. The highest BCUT2D eigenvalue weighted by atomic mass is 35.5. The SMILES string of the molecule is Cc1cc(CNCc2cccc(Cl)c2)c2ccccc2n1. The van der Waals surface area contributed by atoms with Gasteiger partial charge in [-0.1, -0.05) is 41.9 Å². The zero-order valence-corrected chi connectivity index (χ0v) is 12.7. The fourth-order valence-electron chi connectivity index (χ4n) is 2.53. The van der Waals surface area contributed by atoms with Crippen LogP contribution in [-0.4, -0.2) is 4.98 Å². The number of nitrogens with one attached hydrogen (secondary N) is 1. The normalized spacial score (nSPS) is 11.0. The van der Waals surface area contributed by atoms with Gasteiger partial charge in [0.05, 0.1) is 5.52 Å². The minimum absolute atomic E-state index is 0.777. The highest BCUT2D eigenvalue weighted by molar-refractivity contribution is 6.30. The first-order chi connectivity index (χ1) is 10.2. The van der Waals surface area contributed by atoms with E-state index < -0.39 is 0 Å². The Balaban J connectivity index is 1.76. The summed E-state index contributed by atoms with van der Waals surface area (Å²) in [5.41, 5.74) is 4.57. The van der Waals surface area contributed by atoms with E-state index in [-0.39, 0.29) is 0 Å². The Kier molecular flexibility index (Phi) is 4.18. The fraction of sp³-hybridized carbons (Fsp3) is 0.167. The number of pyridine rings is 1. The van der Waals surface area contributed by atoms with Crippen LogP contribution in [0.25, 0.3) is 10.9 Å². The second kappa shape index (κ2) is 6.25. The van der Waals surface area contributed by atoms with E-state index in [0.29, 0.717) is 0 Å². The Morgan fingerprint density at radius 1 is 1.00 bits per heavy atom. The highest BCUT2D eigenvalue weighted by Gasteiger charge is 2.03. The van der Waals surface area contributed by atoms with Gasteiger partial charge >= 0.3 is 0 Å². The van der Waals surface area contributed by atoms with Gasteiger partial charge in [-0.2, -0.15) is 0 Å². The molecule has 0 fully saturated rings. The molecule has 0 radical (unpaired) electrons. The van der Waals surface area contributed by atoms with Crippen LogP contribution in [0.1, 0.15) is 16.8 Å².